The van der Waals surface area contributed by atoms with Crippen LogP contribution in [0.15, 0.2) is 42.5 Å². The quantitative estimate of drug-likeness (QED) is 0.840. The number of likely N-dealkylation sites (tertiary alicyclic amines) is 1. The molecule has 2 nitrogen and oxygen atoms in total. The van der Waals surface area contributed by atoms with Crippen molar-refractivity contribution in [2.24, 2.45) is 5.92 Å². The maximum absolute atomic E-state index is 11.7. The summed E-state index contributed by atoms with van der Waals surface area (Å²) in [7, 11) is 2.08. The molecule has 0 bridgehead atoms. The Balaban J connectivity index is 1.77. The first kappa shape index (κ1) is 15.2. The molecule has 2 heteroatoms. The Hall–Kier alpha value is -1.67. The predicted octanol–water partition coefficient (Wildman–Crippen LogP) is 4.24. The van der Waals surface area contributed by atoms with E-state index in [9.17, 15) is 4.79 Å². The normalized spacial score (nSPS) is 23.8. The van der Waals surface area contributed by atoms with Crippen LogP contribution in [0.25, 0.3) is 10.8 Å². The van der Waals surface area contributed by atoms with Crippen molar-refractivity contribution in [3.63, 3.8) is 0 Å². The molecule has 0 amide bonds. The van der Waals surface area contributed by atoms with Gasteiger partial charge in [-0.3, -0.25) is 9.69 Å². The first-order valence-corrected chi connectivity index (χ1v) is 8.24. The van der Waals surface area contributed by atoms with E-state index < -0.39 is 0 Å². The first-order valence-electron chi connectivity index (χ1n) is 8.24. The number of ketones is 1. The van der Waals surface area contributed by atoms with Crippen molar-refractivity contribution in [1.29, 1.82) is 0 Å². The number of rotatable bonds is 4. The highest BCUT2D eigenvalue weighted by Gasteiger charge is 2.33. The van der Waals surface area contributed by atoms with Gasteiger partial charge in [-0.1, -0.05) is 49.4 Å². The van der Waals surface area contributed by atoms with Crippen molar-refractivity contribution in [2.75, 3.05) is 13.6 Å². The number of hydrogen-bond acceptors (Lipinski definition) is 2. The van der Waals surface area contributed by atoms with Crippen LogP contribution in [-0.2, 0) is 4.79 Å². The molecular weight excluding hydrogens is 270 g/mol. The van der Waals surface area contributed by atoms with Gasteiger partial charge in [-0.25, -0.2) is 0 Å². The van der Waals surface area contributed by atoms with Gasteiger partial charge in [-0.05, 0) is 55.0 Å². The fraction of sp³-hybridized carbons (Fsp3) is 0.450. The third-order valence-electron chi connectivity index (χ3n) is 5.15. The number of benzene rings is 2. The van der Waals surface area contributed by atoms with Crippen molar-refractivity contribution < 1.29 is 4.79 Å². The Labute approximate surface area is 133 Å². The number of Topliss-reactive ketones (excluding diaryl/α,β-unsaturated/α-hetero) is 1. The zero-order valence-electron chi connectivity index (χ0n) is 13.8. The highest BCUT2D eigenvalue weighted by Crippen LogP contribution is 2.34. The summed E-state index contributed by atoms with van der Waals surface area (Å²) in [5.41, 5.74) is 1.44. The van der Waals surface area contributed by atoms with Gasteiger partial charge in [0, 0.05) is 6.54 Å². The van der Waals surface area contributed by atoms with Crippen LogP contribution in [0.2, 0.25) is 0 Å². The van der Waals surface area contributed by atoms with Crippen molar-refractivity contribution in [3.8, 4) is 0 Å². The highest BCUT2D eigenvalue weighted by molar-refractivity contribution is 5.86. The number of hydrogen-bond donors (Lipinski definition) is 0. The molecule has 3 rings (SSSR count). The molecule has 1 heterocycles. The molecule has 1 fully saturated rings. The number of fused-ring (bicyclic) bond motifs is 1. The molecule has 1 aliphatic heterocycles. The van der Waals surface area contributed by atoms with Crippen LogP contribution < -0.4 is 0 Å². The van der Waals surface area contributed by atoms with E-state index in [4.69, 9.17) is 0 Å². The first-order chi connectivity index (χ1) is 10.6. The Morgan fingerprint density at radius 3 is 2.68 bits per heavy atom. The lowest BCUT2D eigenvalue weighted by Gasteiger charge is -2.18. The zero-order valence-corrected chi connectivity index (χ0v) is 13.8. The summed E-state index contributed by atoms with van der Waals surface area (Å²) in [5, 5.41) is 2.68. The molecule has 1 saturated heterocycles. The van der Waals surface area contributed by atoms with Gasteiger partial charge >= 0.3 is 0 Å². The molecule has 116 valence electrons. The molecular formula is C20H25NO. The molecule has 0 N–H and O–H groups in total. The maximum atomic E-state index is 11.7. The van der Waals surface area contributed by atoms with E-state index in [1.54, 1.807) is 6.92 Å². The van der Waals surface area contributed by atoms with E-state index >= 15 is 0 Å². The summed E-state index contributed by atoms with van der Waals surface area (Å²) in [6, 6.07) is 15.3. The average molecular weight is 295 g/mol. The van der Waals surface area contributed by atoms with Gasteiger partial charge in [-0.2, -0.15) is 0 Å². The summed E-state index contributed by atoms with van der Waals surface area (Å²) in [4.78, 5) is 13.9. The molecule has 0 saturated carbocycles. The lowest BCUT2D eigenvalue weighted by atomic mass is 9.86. The third-order valence-corrected chi connectivity index (χ3v) is 5.15. The van der Waals surface area contributed by atoms with Gasteiger partial charge in [0.15, 0.2) is 0 Å². The minimum Gasteiger partial charge on any atom is -0.298 e. The molecule has 3 atom stereocenters. The van der Waals surface area contributed by atoms with Crippen molar-refractivity contribution in [2.45, 2.75) is 38.6 Å². The van der Waals surface area contributed by atoms with Gasteiger partial charge in [0.05, 0.1) is 6.04 Å². The topological polar surface area (TPSA) is 20.3 Å². The Kier molecular flexibility index (Phi) is 4.30. The largest absolute Gasteiger partial charge is 0.298 e. The maximum Gasteiger partial charge on any atom is 0.146 e. The second-order valence-corrected chi connectivity index (χ2v) is 6.87. The van der Waals surface area contributed by atoms with E-state index in [0.29, 0.717) is 17.6 Å². The summed E-state index contributed by atoms with van der Waals surface area (Å²) >= 11 is 0. The SMILES string of the molecule is CC(=O)C1CC(C[C@@H](C)c2cccc3ccccc23)CN1C. The number of carbonyl (C=O) groups is 1. The van der Waals surface area contributed by atoms with Crippen molar-refractivity contribution in [1.82, 2.24) is 4.90 Å². The summed E-state index contributed by atoms with van der Waals surface area (Å²) in [6.45, 7) is 5.08. The molecule has 0 radical (unpaired) electrons. The van der Waals surface area contributed by atoms with Crippen LogP contribution in [0.1, 0.15) is 38.2 Å². The monoisotopic (exact) mass is 295 g/mol. The zero-order chi connectivity index (χ0) is 15.7. The van der Waals surface area contributed by atoms with Crippen molar-refractivity contribution >= 4 is 16.6 Å². The minimum atomic E-state index is 0.129. The molecule has 0 aliphatic carbocycles. The van der Waals surface area contributed by atoms with Gasteiger partial charge in [0.1, 0.15) is 5.78 Å². The summed E-state index contributed by atoms with van der Waals surface area (Å²) in [6.07, 6.45) is 2.17. The molecule has 22 heavy (non-hydrogen) atoms. The predicted molar refractivity (Wildman–Crippen MR) is 92.2 cm³/mol. The molecule has 2 aromatic carbocycles. The van der Waals surface area contributed by atoms with E-state index in [1.165, 1.54) is 16.3 Å². The summed E-state index contributed by atoms with van der Waals surface area (Å²) < 4.78 is 0. The number of nitrogens with zero attached hydrogens (tertiary/aromatic N) is 1. The van der Waals surface area contributed by atoms with Crippen LogP contribution in [0.4, 0.5) is 0 Å². The fourth-order valence-corrected chi connectivity index (χ4v) is 4.06. The number of likely N-dealkylation sites (N-methyl/N-ethyl adjacent to an activating group) is 1. The summed E-state index contributed by atoms with van der Waals surface area (Å²) in [5.74, 6) is 1.45. The van der Waals surface area contributed by atoms with Crippen LogP contribution in [0.3, 0.4) is 0 Å². The highest BCUT2D eigenvalue weighted by atomic mass is 16.1. The fourth-order valence-electron chi connectivity index (χ4n) is 4.06. The Morgan fingerprint density at radius 1 is 1.23 bits per heavy atom. The van der Waals surface area contributed by atoms with Crippen LogP contribution >= 0.6 is 0 Å². The van der Waals surface area contributed by atoms with Gasteiger partial charge in [-0.15, -0.1) is 0 Å². The lowest BCUT2D eigenvalue weighted by molar-refractivity contribution is -0.120. The third kappa shape index (κ3) is 2.93. The Bertz CT molecular complexity index is 673. The van der Waals surface area contributed by atoms with Gasteiger partial charge in [0.2, 0.25) is 0 Å². The van der Waals surface area contributed by atoms with E-state index in [-0.39, 0.29) is 6.04 Å². The minimum absolute atomic E-state index is 0.129. The molecule has 2 aromatic rings. The van der Waals surface area contributed by atoms with Crippen LogP contribution in [0, 0.1) is 5.92 Å². The van der Waals surface area contributed by atoms with Gasteiger partial charge < -0.3 is 0 Å². The van der Waals surface area contributed by atoms with Crippen LogP contribution in [0.5, 0.6) is 0 Å². The molecule has 0 spiro atoms. The van der Waals surface area contributed by atoms with E-state index in [0.717, 1.165) is 19.4 Å². The Morgan fingerprint density at radius 2 is 1.95 bits per heavy atom. The molecule has 1 aliphatic rings. The van der Waals surface area contributed by atoms with E-state index in [1.807, 2.05) is 0 Å². The standard InChI is InChI=1S/C20H25NO/c1-14(11-16-12-20(15(2)22)21(3)13-16)18-10-6-8-17-7-4-5-9-19(17)18/h4-10,14,16,20H,11-13H2,1-3H3/t14-,16?,20?/m1/s1. The second-order valence-electron chi connectivity index (χ2n) is 6.87. The van der Waals surface area contributed by atoms with Crippen LogP contribution in [-0.4, -0.2) is 30.3 Å². The van der Waals surface area contributed by atoms with Crippen molar-refractivity contribution in [3.05, 3.63) is 48.0 Å². The lowest BCUT2D eigenvalue weighted by Crippen LogP contribution is -2.30. The second kappa shape index (κ2) is 6.21. The molecule has 0 aromatic heterocycles. The smallest absolute Gasteiger partial charge is 0.146 e. The van der Waals surface area contributed by atoms with E-state index in [2.05, 4.69) is 61.3 Å². The molecule has 2 unspecified atom stereocenters. The average Bonchev–Trinajstić information content (AvgIpc) is 2.87. The number of carbonyl (C=O) groups excluding carboxylic acids is 1. The van der Waals surface area contributed by atoms with Gasteiger partial charge in [0.25, 0.3) is 0 Å².